The first-order chi connectivity index (χ1) is 16.1. The second-order valence-electron chi connectivity index (χ2n) is 8.56. The zero-order valence-corrected chi connectivity index (χ0v) is 20.5. The van der Waals surface area contributed by atoms with Gasteiger partial charge in [0.05, 0.1) is 28.7 Å². The number of carbonyl (C=O) groups is 2. The minimum absolute atomic E-state index is 0.0859. The van der Waals surface area contributed by atoms with Crippen LogP contribution in [-0.2, 0) is 17.5 Å². The minimum atomic E-state index is -4.35. The Labute approximate surface area is 204 Å². The zero-order chi connectivity index (χ0) is 24.5. The molecule has 7 nitrogen and oxygen atoms in total. The predicted octanol–water partition coefficient (Wildman–Crippen LogP) is 4.54. The SMILES string of the molecule is CC(=O)N(C)c1cnn(C(=O)N2CCC3(CCN(Cc4cccc(C(F)(F)F)c4)SCS3)C2)c1. The highest BCUT2D eigenvalue weighted by molar-refractivity contribution is 8.15. The Morgan fingerprint density at radius 3 is 2.74 bits per heavy atom. The Bertz CT molecular complexity index is 1060. The fraction of sp³-hybridized carbons (Fsp3) is 0.500. The van der Waals surface area contributed by atoms with E-state index in [1.165, 1.54) is 34.8 Å². The largest absolute Gasteiger partial charge is 0.416 e. The van der Waals surface area contributed by atoms with E-state index >= 15 is 0 Å². The standard InChI is InChI=1S/C22H26F3N5O2S2/c1-16(31)27(2)19-11-26-30(13-19)20(32)28-8-6-21(14-28)7-9-29(34-15-33-21)12-17-4-3-5-18(10-17)22(23,24)25/h3-5,10-11,13H,6-9,12,14-15H2,1-2H3. The number of carbonyl (C=O) groups excluding carboxylic acids is 2. The molecule has 2 fully saturated rings. The lowest BCUT2D eigenvalue weighted by Crippen LogP contribution is -2.37. The molecular weight excluding hydrogens is 487 g/mol. The van der Waals surface area contributed by atoms with Crippen LogP contribution in [0.1, 0.15) is 30.9 Å². The van der Waals surface area contributed by atoms with E-state index in [0.29, 0.717) is 30.9 Å². The molecule has 0 N–H and O–H groups in total. The van der Waals surface area contributed by atoms with E-state index in [-0.39, 0.29) is 16.7 Å². The van der Waals surface area contributed by atoms with E-state index in [1.54, 1.807) is 36.2 Å². The summed E-state index contributed by atoms with van der Waals surface area (Å²) in [5.74, 6) is -0.144. The van der Waals surface area contributed by atoms with Gasteiger partial charge in [-0.3, -0.25) is 4.79 Å². The number of rotatable bonds is 3. The molecule has 0 saturated carbocycles. The van der Waals surface area contributed by atoms with Crippen LogP contribution in [0.2, 0.25) is 0 Å². The summed E-state index contributed by atoms with van der Waals surface area (Å²) in [5, 5.41) is 4.91. The fourth-order valence-corrected chi connectivity index (χ4v) is 7.10. The Morgan fingerprint density at radius 2 is 2.00 bits per heavy atom. The third kappa shape index (κ3) is 5.55. The molecule has 0 bridgehead atoms. The van der Waals surface area contributed by atoms with E-state index in [9.17, 15) is 22.8 Å². The van der Waals surface area contributed by atoms with E-state index < -0.39 is 11.7 Å². The molecule has 1 aromatic carbocycles. The number of aromatic nitrogens is 2. The van der Waals surface area contributed by atoms with Crippen LogP contribution in [-0.4, -0.2) is 67.4 Å². The maximum atomic E-state index is 13.0. The summed E-state index contributed by atoms with van der Waals surface area (Å²) < 4.78 is 42.4. The number of nitrogens with zero attached hydrogens (tertiary/aromatic N) is 5. The highest BCUT2D eigenvalue weighted by Crippen LogP contribution is 2.44. The van der Waals surface area contributed by atoms with Gasteiger partial charge in [0.1, 0.15) is 0 Å². The summed E-state index contributed by atoms with van der Waals surface area (Å²) in [6.45, 7) is 3.81. The van der Waals surface area contributed by atoms with E-state index in [2.05, 4.69) is 9.40 Å². The van der Waals surface area contributed by atoms with E-state index in [4.69, 9.17) is 0 Å². The minimum Gasteiger partial charge on any atom is -0.321 e. The van der Waals surface area contributed by atoms with Crippen molar-refractivity contribution in [3.8, 4) is 0 Å². The summed E-state index contributed by atoms with van der Waals surface area (Å²) in [6, 6.07) is 5.26. The molecule has 184 valence electrons. The smallest absolute Gasteiger partial charge is 0.321 e. The molecule has 1 atom stereocenters. The Morgan fingerprint density at radius 1 is 1.24 bits per heavy atom. The number of benzene rings is 1. The normalized spacial score (nSPS) is 21.6. The average molecular weight is 514 g/mol. The van der Waals surface area contributed by atoms with Crippen molar-refractivity contribution >= 4 is 41.3 Å². The number of hydrogen-bond donors (Lipinski definition) is 0. The number of alkyl halides is 3. The zero-order valence-electron chi connectivity index (χ0n) is 18.9. The molecule has 12 heteroatoms. The van der Waals surface area contributed by atoms with Crippen LogP contribution in [0.25, 0.3) is 0 Å². The van der Waals surface area contributed by atoms with Crippen molar-refractivity contribution < 1.29 is 22.8 Å². The van der Waals surface area contributed by atoms with Crippen LogP contribution in [0.15, 0.2) is 36.7 Å². The number of halogens is 3. The third-order valence-corrected chi connectivity index (χ3v) is 8.96. The lowest BCUT2D eigenvalue weighted by Gasteiger charge is -2.27. The monoisotopic (exact) mass is 513 g/mol. The second kappa shape index (κ2) is 9.82. The van der Waals surface area contributed by atoms with Gasteiger partial charge < -0.3 is 9.80 Å². The van der Waals surface area contributed by atoms with Crippen molar-refractivity contribution in [1.29, 1.82) is 0 Å². The third-order valence-electron chi connectivity index (χ3n) is 6.24. The lowest BCUT2D eigenvalue weighted by molar-refractivity contribution is -0.137. The first-order valence-electron chi connectivity index (χ1n) is 10.8. The van der Waals surface area contributed by atoms with Crippen molar-refractivity contribution in [2.45, 2.75) is 37.2 Å². The maximum absolute atomic E-state index is 13.0. The van der Waals surface area contributed by atoms with Crippen LogP contribution in [0.5, 0.6) is 0 Å². The topological polar surface area (TPSA) is 61.7 Å². The number of likely N-dealkylation sites (tertiary alicyclic amines) is 1. The number of hydrogen-bond acceptors (Lipinski definition) is 6. The lowest BCUT2D eigenvalue weighted by atomic mass is 10.0. The Hall–Kier alpha value is -2.18. The van der Waals surface area contributed by atoms with Crippen molar-refractivity contribution in [3.63, 3.8) is 0 Å². The van der Waals surface area contributed by atoms with Crippen LogP contribution in [0, 0.1) is 0 Å². The first-order valence-corrected chi connectivity index (χ1v) is 12.8. The molecule has 2 aliphatic rings. The molecule has 0 radical (unpaired) electrons. The highest BCUT2D eigenvalue weighted by Gasteiger charge is 2.42. The number of anilines is 1. The van der Waals surface area contributed by atoms with Gasteiger partial charge in [0.2, 0.25) is 5.91 Å². The molecule has 2 aromatic rings. The van der Waals surface area contributed by atoms with Gasteiger partial charge in [-0.1, -0.05) is 30.1 Å². The number of thioether (sulfide) groups is 1. The summed E-state index contributed by atoms with van der Waals surface area (Å²) in [6.07, 6.45) is 0.391. The first kappa shape index (κ1) is 24.9. The van der Waals surface area contributed by atoms with Crippen molar-refractivity contribution in [3.05, 3.63) is 47.8 Å². The average Bonchev–Trinajstić information content (AvgIpc) is 3.39. The van der Waals surface area contributed by atoms with Gasteiger partial charge in [0, 0.05) is 44.9 Å². The van der Waals surface area contributed by atoms with Crippen LogP contribution < -0.4 is 4.90 Å². The molecule has 3 heterocycles. The maximum Gasteiger partial charge on any atom is 0.416 e. The highest BCUT2D eigenvalue weighted by atomic mass is 32.2. The van der Waals surface area contributed by atoms with Crippen molar-refractivity contribution in [2.75, 3.05) is 36.7 Å². The summed E-state index contributed by atoms with van der Waals surface area (Å²) in [5.41, 5.74) is 0.564. The van der Waals surface area contributed by atoms with Gasteiger partial charge in [0.15, 0.2) is 0 Å². The van der Waals surface area contributed by atoms with E-state index in [0.717, 1.165) is 30.5 Å². The molecule has 1 unspecified atom stereocenters. The fourth-order valence-electron chi connectivity index (χ4n) is 4.11. The van der Waals surface area contributed by atoms with Gasteiger partial charge >= 0.3 is 12.2 Å². The molecule has 34 heavy (non-hydrogen) atoms. The predicted molar refractivity (Wildman–Crippen MR) is 128 cm³/mol. The number of amides is 2. The molecule has 4 rings (SSSR count). The van der Waals surface area contributed by atoms with Crippen LogP contribution >= 0.6 is 23.7 Å². The van der Waals surface area contributed by atoms with Gasteiger partial charge in [-0.15, -0.1) is 11.8 Å². The molecule has 0 aliphatic carbocycles. The summed E-state index contributed by atoms with van der Waals surface area (Å²) in [7, 11) is 1.63. The van der Waals surface area contributed by atoms with Crippen LogP contribution in [0.4, 0.5) is 23.7 Å². The van der Waals surface area contributed by atoms with Crippen LogP contribution in [0.3, 0.4) is 0 Å². The molecule has 1 aromatic heterocycles. The quantitative estimate of drug-likeness (QED) is 0.562. The second-order valence-corrected chi connectivity index (χ2v) is 11.4. The van der Waals surface area contributed by atoms with E-state index in [1.807, 2.05) is 11.8 Å². The molecule has 2 aliphatic heterocycles. The molecular formula is C22H26F3N5O2S2. The molecule has 2 amide bonds. The Balaban J connectivity index is 1.36. The summed E-state index contributed by atoms with van der Waals surface area (Å²) in [4.78, 5) is 27.8. The van der Waals surface area contributed by atoms with Gasteiger partial charge in [-0.25, -0.2) is 9.10 Å². The van der Waals surface area contributed by atoms with Crippen molar-refractivity contribution in [2.24, 2.45) is 0 Å². The molecule has 1 spiro atoms. The van der Waals surface area contributed by atoms with Gasteiger partial charge in [-0.2, -0.15) is 23.0 Å². The van der Waals surface area contributed by atoms with Gasteiger partial charge in [0.25, 0.3) is 0 Å². The van der Waals surface area contributed by atoms with Gasteiger partial charge in [-0.05, 0) is 24.5 Å². The van der Waals surface area contributed by atoms with Crippen molar-refractivity contribution in [1.82, 2.24) is 19.0 Å². The summed E-state index contributed by atoms with van der Waals surface area (Å²) >= 11 is 3.44. The molecule has 2 saturated heterocycles. The Kier molecular flexibility index (Phi) is 7.20.